The second-order valence-electron chi connectivity index (χ2n) is 5.54. The van der Waals surface area contributed by atoms with Crippen molar-refractivity contribution in [1.82, 2.24) is 10.2 Å². The molecule has 1 heterocycles. The van der Waals surface area contributed by atoms with Crippen LogP contribution in [0.15, 0.2) is 30.3 Å². The lowest BCUT2D eigenvalue weighted by Crippen LogP contribution is -2.35. The summed E-state index contributed by atoms with van der Waals surface area (Å²) in [6, 6.07) is 9.61. The number of aliphatic hydroxyl groups is 1. The van der Waals surface area contributed by atoms with E-state index in [1.54, 1.807) is 0 Å². The molecular formula is C17H27N2O2. The van der Waals surface area contributed by atoms with Gasteiger partial charge in [-0.3, -0.25) is 0 Å². The van der Waals surface area contributed by atoms with Gasteiger partial charge in [0.1, 0.15) is 18.5 Å². The molecule has 0 bridgehead atoms. The zero-order valence-corrected chi connectivity index (χ0v) is 12.7. The molecule has 1 aromatic rings. The van der Waals surface area contributed by atoms with E-state index in [9.17, 15) is 5.11 Å². The summed E-state index contributed by atoms with van der Waals surface area (Å²) in [5.74, 6) is 0.804. The van der Waals surface area contributed by atoms with Crippen LogP contribution in [-0.4, -0.2) is 55.4 Å². The van der Waals surface area contributed by atoms with Crippen molar-refractivity contribution in [2.45, 2.75) is 25.4 Å². The Morgan fingerprint density at radius 2 is 1.95 bits per heavy atom. The number of rotatable bonds is 9. The molecule has 1 aliphatic heterocycles. The largest absolute Gasteiger partial charge is 0.491 e. The third kappa shape index (κ3) is 6.93. The van der Waals surface area contributed by atoms with Crippen molar-refractivity contribution in [1.29, 1.82) is 0 Å². The van der Waals surface area contributed by atoms with Crippen molar-refractivity contribution < 1.29 is 9.84 Å². The number of hydrogen-bond acceptors (Lipinski definition) is 4. The summed E-state index contributed by atoms with van der Waals surface area (Å²) in [4.78, 5) is 2.51. The molecule has 4 heteroatoms. The maximum Gasteiger partial charge on any atom is 0.119 e. The van der Waals surface area contributed by atoms with Crippen LogP contribution in [0.4, 0.5) is 0 Å². The normalized spacial score (nSPS) is 17.6. The highest BCUT2D eigenvalue weighted by Gasteiger charge is 2.09. The second kappa shape index (κ2) is 9.77. The highest BCUT2D eigenvalue weighted by atomic mass is 16.5. The number of likely N-dealkylation sites (tertiary alicyclic amines) is 1. The Bertz CT molecular complexity index is 366. The molecule has 117 valence electrons. The van der Waals surface area contributed by atoms with Crippen molar-refractivity contribution in [2.75, 3.05) is 39.3 Å². The van der Waals surface area contributed by atoms with Gasteiger partial charge in [-0.2, -0.15) is 0 Å². The third-order valence-electron chi connectivity index (χ3n) is 3.69. The van der Waals surface area contributed by atoms with Crippen LogP contribution >= 0.6 is 0 Å². The highest BCUT2D eigenvalue weighted by Crippen LogP contribution is 2.08. The molecule has 2 N–H and O–H groups in total. The fourth-order valence-electron chi connectivity index (χ4n) is 2.49. The number of para-hydroxylation sites is 1. The highest BCUT2D eigenvalue weighted by molar-refractivity contribution is 5.20. The van der Waals surface area contributed by atoms with E-state index < -0.39 is 6.10 Å². The molecule has 0 aromatic heterocycles. The van der Waals surface area contributed by atoms with Crippen LogP contribution in [-0.2, 0) is 0 Å². The first-order valence-electron chi connectivity index (χ1n) is 7.95. The van der Waals surface area contributed by atoms with Gasteiger partial charge in [0.05, 0.1) is 0 Å². The molecule has 21 heavy (non-hydrogen) atoms. The van der Waals surface area contributed by atoms with Gasteiger partial charge < -0.3 is 20.1 Å². The molecule has 1 fully saturated rings. The topological polar surface area (TPSA) is 44.7 Å². The van der Waals surface area contributed by atoms with Crippen LogP contribution in [0.2, 0.25) is 0 Å². The summed E-state index contributed by atoms with van der Waals surface area (Å²) >= 11 is 0. The van der Waals surface area contributed by atoms with Crippen molar-refractivity contribution in [2.24, 2.45) is 0 Å². The second-order valence-corrected chi connectivity index (χ2v) is 5.54. The van der Waals surface area contributed by atoms with Gasteiger partial charge in [0.2, 0.25) is 0 Å². The standard InChI is InChI=1S/C17H27N2O2/c20-16(15-21-17-8-3-1-4-9-17)14-18-10-7-13-19-11-5-2-6-12-19/h1-4,8-9,16,18,20H,5-7,10-15H2. The average Bonchev–Trinajstić information content (AvgIpc) is 2.54. The number of benzene rings is 1. The number of aliphatic hydroxyl groups excluding tert-OH is 1. The fraction of sp³-hybridized carbons (Fsp3) is 0.588. The molecule has 0 aliphatic carbocycles. The lowest BCUT2D eigenvalue weighted by Gasteiger charge is -2.26. The number of piperidine rings is 1. The van der Waals surface area contributed by atoms with Gasteiger partial charge in [-0.1, -0.05) is 18.2 Å². The lowest BCUT2D eigenvalue weighted by atomic mass is 10.1. The van der Waals surface area contributed by atoms with E-state index in [0.717, 1.165) is 25.3 Å². The SMILES string of the molecule is OC(CNCCCN1CC[CH]CC1)COc1ccccc1. The predicted octanol–water partition coefficient (Wildman–Crippen LogP) is 1.71. The maximum atomic E-state index is 9.86. The minimum absolute atomic E-state index is 0.332. The Balaban J connectivity index is 1.46. The van der Waals surface area contributed by atoms with E-state index in [1.165, 1.54) is 25.9 Å². The summed E-state index contributed by atoms with van der Waals surface area (Å²) < 4.78 is 5.52. The Morgan fingerprint density at radius 3 is 2.71 bits per heavy atom. The van der Waals surface area contributed by atoms with Crippen LogP contribution in [0.3, 0.4) is 0 Å². The Labute approximate surface area is 128 Å². The van der Waals surface area contributed by atoms with Crippen LogP contribution in [0.5, 0.6) is 5.75 Å². The monoisotopic (exact) mass is 291 g/mol. The van der Waals surface area contributed by atoms with Crippen molar-refractivity contribution in [3.63, 3.8) is 0 Å². The van der Waals surface area contributed by atoms with Gasteiger partial charge in [-0.15, -0.1) is 0 Å². The summed E-state index contributed by atoms with van der Waals surface area (Å²) in [6.07, 6.45) is 5.49. The maximum absolute atomic E-state index is 9.86. The predicted molar refractivity (Wildman–Crippen MR) is 85.4 cm³/mol. The molecular weight excluding hydrogens is 264 g/mol. The first-order valence-corrected chi connectivity index (χ1v) is 7.95. The van der Waals surface area contributed by atoms with E-state index in [1.807, 2.05) is 30.3 Å². The third-order valence-corrected chi connectivity index (χ3v) is 3.69. The quantitative estimate of drug-likeness (QED) is 0.680. The fourth-order valence-corrected chi connectivity index (χ4v) is 2.49. The summed E-state index contributed by atoms with van der Waals surface area (Å²) in [5.41, 5.74) is 0. The molecule has 1 radical (unpaired) electrons. The molecule has 1 unspecified atom stereocenters. The molecule has 1 aliphatic rings. The first-order chi connectivity index (χ1) is 10.3. The van der Waals surface area contributed by atoms with Crippen molar-refractivity contribution in [3.05, 3.63) is 36.8 Å². The average molecular weight is 291 g/mol. The molecule has 0 amide bonds. The minimum Gasteiger partial charge on any atom is -0.491 e. The zero-order chi connectivity index (χ0) is 14.8. The van der Waals surface area contributed by atoms with Gasteiger partial charge in [0.25, 0.3) is 0 Å². The first kappa shape index (κ1) is 16.3. The van der Waals surface area contributed by atoms with E-state index in [2.05, 4.69) is 16.6 Å². The van der Waals surface area contributed by atoms with Crippen molar-refractivity contribution >= 4 is 0 Å². The minimum atomic E-state index is -0.463. The van der Waals surface area contributed by atoms with Crippen LogP contribution in [0, 0.1) is 6.42 Å². The van der Waals surface area contributed by atoms with E-state index in [0.29, 0.717) is 13.2 Å². The summed E-state index contributed by atoms with van der Waals surface area (Å²) in [7, 11) is 0. The van der Waals surface area contributed by atoms with Gasteiger partial charge in [-0.25, -0.2) is 0 Å². The van der Waals surface area contributed by atoms with Gasteiger partial charge in [0, 0.05) is 6.54 Å². The van der Waals surface area contributed by atoms with Crippen LogP contribution in [0.1, 0.15) is 19.3 Å². The molecule has 0 spiro atoms. The lowest BCUT2D eigenvalue weighted by molar-refractivity contribution is 0.106. The Hall–Kier alpha value is -1.10. The van der Waals surface area contributed by atoms with Gasteiger partial charge in [-0.05, 0) is 64.0 Å². The van der Waals surface area contributed by atoms with Gasteiger partial charge in [0.15, 0.2) is 0 Å². The number of ether oxygens (including phenoxy) is 1. The van der Waals surface area contributed by atoms with Crippen LogP contribution < -0.4 is 10.1 Å². The Kier molecular flexibility index (Phi) is 7.57. The summed E-state index contributed by atoms with van der Waals surface area (Å²) in [6.45, 7) is 5.42. The molecule has 1 saturated heterocycles. The van der Waals surface area contributed by atoms with E-state index >= 15 is 0 Å². The van der Waals surface area contributed by atoms with Crippen LogP contribution in [0.25, 0.3) is 0 Å². The Morgan fingerprint density at radius 1 is 1.19 bits per heavy atom. The number of nitrogens with one attached hydrogen (secondary N) is 1. The molecule has 4 nitrogen and oxygen atoms in total. The van der Waals surface area contributed by atoms with Crippen molar-refractivity contribution in [3.8, 4) is 5.75 Å². The van der Waals surface area contributed by atoms with E-state index in [-0.39, 0.29) is 0 Å². The molecule has 2 rings (SSSR count). The zero-order valence-electron chi connectivity index (χ0n) is 12.7. The number of nitrogens with zero attached hydrogens (tertiary/aromatic N) is 1. The smallest absolute Gasteiger partial charge is 0.119 e. The van der Waals surface area contributed by atoms with E-state index in [4.69, 9.17) is 4.74 Å². The molecule has 1 atom stereocenters. The molecule has 0 saturated carbocycles. The van der Waals surface area contributed by atoms with Gasteiger partial charge >= 0.3 is 0 Å². The summed E-state index contributed by atoms with van der Waals surface area (Å²) in [5, 5.41) is 13.2. The number of hydrogen-bond donors (Lipinski definition) is 2. The molecule has 1 aromatic carbocycles.